The van der Waals surface area contributed by atoms with Gasteiger partial charge in [0.25, 0.3) is 5.56 Å². The number of nitrogens with one attached hydrogen (secondary N) is 1. The number of hydrogen-bond donors (Lipinski definition) is 1. The number of hydrogen-bond acceptors (Lipinski definition) is 6. The Bertz CT molecular complexity index is 1160. The monoisotopic (exact) mass is 378 g/mol. The number of aromatic nitrogens is 4. The second kappa shape index (κ2) is 6.19. The zero-order valence-electron chi connectivity index (χ0n) is 13.1. The third-order valence-corrected chi connectivity index (χ3v) is 4.76. The van der Waals surface area contributed by atoms with Gasteiger partial charge in [0.2, 0.25) is 11.2 Å². The van der Waals surface area contributed by atoms with Crippen molar-refractivity contribution in [2.24, 2.45) is 14.1 Å². The van der Waals surface area contributed by atoms with Crippen molar-refractivity contribution in [3.63, 3.8) is 0 Å². The van der Waals surface area contributed by atoms with Crippen molar-refractivity contribution >= 4 is 45.0 Å². The molecule has 0 radical (unpaired) electrons. The zero-order chi connectivity index (χ0) is 18.3. The summed E-state index contributed by atoms with van der Waals surface area (Å²) in [5.74, 6) is -0.476. The van der Waals surface area contributed by atoms with Crippen molar-refractivity contribution in [1.29, 1.82) is 5.26 Å². The molecule has 0 saturated carbocycles. The lowest BCUT2D eigenvalue weighted by molar-refractivity contribution is -0.116. The molecule has 3 aromatic heterocycles. The third kappa shape index (κ3) is 2.73. The lowest BCUT2D eigenvalue weighted by atomic mass is 10.3. The maximum absolute atomic E-state index is 12.4. The average molecular weight is 379 g/mol. The minimum atomic E-state index is -0.598. The molecule has 0 aromatic carbocycles. The molecule has 0 aliphatic rings. The first-order valence-electron chi connectivity index (χ1n) is 6.94. The third-order valence-electron chi connectivity index (χ3n) is 3.64. The summed E-state index contributed by atoms with van der Waals surface area (Å²) >= 11 is 7.27. The van der Waals surface area contributed by atoms with Crippen LogP contribution in [-0.2, 0) is 25.4 Å². The molecule has 3 rings (SSSR count). The van der Waals surface area contributed by atoms with Gasteiger partial charge in [0.1, 0.15) is 17.6 Å². The molecule has 3 aromatic rings. The van der Waals surface area contributed by atoms with Crippen LogP contribution in [0.1, 0.15) is 5.56 Å². The van der Waals surface area contributed by atoms with E-state index in [1.807, 2.05) is 6.07 Å². The molecule has 11 heteroatoms. The molecule has 0 unspecified atom stereocenters. The molecule has 9 nitrogen and oxygen atoms in total. The number of amides is 1. The number of aryl methyl sites for hydroxylation is 1. The van der Waals surface area contributed by atoms with Crippen molar-refractivity contribution in [2.75, 3.05) is 5.32 Å². The van der Waals surface area contributed by atoms with Gasteiger partial charge in [-0.2, -0.15) is 10.2 Å². The quantitative estimate of drug-likeness (QED) is 0.672. The predicted octanol–water partition coefficient (Wildman–Crippen LogP) is 0.659. The van der Waals surface area contributed by atoms with E-state index >= 15 is 0 Å². The van der Waals surface area contributed by atoms with E-state index in [4.69, 9.17) is 16.9 Å². The van der Waals surface area contributed by atoms with Crippen LogP contribution in [0.15, 0.2) is 21.0 Å². The van der Waals surface area contributed by atoms with Gasteiger partial charge < -0.3 is 5.32 Å². The van der Waals surface area contributed by atoms with Crippen molar-refractivity contribution in [3.8, 4) is 6.07 Å². The molecular weight excluding hydrogens is 368 g/mol. The molecule has 0 saturated heterocycles. The normalized spacial score (nSPS) is 10.8. The van der Waals surface area contributed by atoms with E-state index < -0.39 is 17.2 Å². The van der Waals surface area contributed by atoms with Gasteiger partial charge in [0, 0.05) is 14.1 Å². The summed E-state index contributed by atoms with van der Waals surface area (Å²) in [6.45, 7) is -0.286. The summed E-state index contributed by atoms with van der Waals surface area (Å²) in [7, 11) is 2.79. The fourth-order valence-electron chi connectivity index (χ4n) is 2.37. The van der Waals surface area contributed by atoms with Gasteiger partial charge in [-0.25, -0.2) is 4.79 Å². The number of carbonyl (C=O) groups excluding carboxylic acids is 1. The Labute approximate surface area is 149 Å². The standard InChI is InChI=1S/C14H11ClN6O3S/c1-19-10-9(12(23)20(2)14(19)24)21(13(15)18-10)6-8(22)17-11-7(5-16)3-4-25-11/h3-4H,6H2,1-2H3,(H,17,22). The summed E-state index contributed by atoms with van der Waals surface area (Å²) < 4.78 is 3.33. The molecule has 25 heavy (non-hydrogen) atoms. The first-order valence-corrected chi connectivity index (χ1v) is 8.20. The van der Waals surface area contributed by atoms with Crippen LogP contribution < -0.4 is 16.6 Å². The van der Waals surface area contributed by atoms with Crippen LogP contribution >= 0.6 is 22.9 Å². The predicted molar refractivity (Wildman–Crippen MR) is 92.9 cm³/mol. The Kier molecular flexibility index (Phi) is 4.20. The number of carbonyl (C=O) groups is 1. The number of imidazole rings is 1. The van der Waals surface area contributed by atoms with E-state index in [-0.39, 0.29) is 23.0 Å². The van der Waals surface area contributed by atoms with Crippen LogP contribution in [-0.4, -0.2) is 24.6 Å². The van der Waals surface area contributed by atoms with Crippen LogP contribution in [0.2, 0.25) is 5.28 Å². The second-order valence-electron chi connectivity index (χ2n) is 5.17. The zero-order valence-corrected chi connectivity index (χ0v) is 14.7. The molecule has 128 valence electrons. The number of halogens is 1. The van der Waals surface area contributed by atoms with Crippen molar-refractivity contribution < 1.29 is 4.79 Å². The highest BCUT2D eigenvalue weighted by Gasteiger charge is 2.20. The Morgan fingerprint density at radius 2 is 2.12 bits per heavy atom. The molecule has 0 spiro atoms. The minimum Gasteiger partial charge on any atom is -0.315 e. The Balaban J connectivity index is 2.04. The van der Waals surface area contributed by atoms with E-state index in [1.165, 1.54) is 34.6 Å². The van der Waals surface area contributed by atoms with Crippen LogP contribution in [0.25, 0.3) is 11.2 Å². The summed E-state index contributed by atoms with van der Waals surface area (Å²) in [5, 5.41) is 13.6. The number of nitrogens with zero attached hydrogens (tertiary/aromatic N) is 5. The Morgan fingerprint density at radius 3 is 2.80 bits per heavy atom. The largest absolute Gasteiger partial charge is 0.332 e. The summed E-state index contributed by atoms with van der Waals surface area (Å²) in [6.07, 6.45) is 0. The van der Waals surface area contributed by atoms with Gasteiger partial charge in [-0.1, -0.05) is 0 Å². The Hall–Kier alpha value is -2.90. The van der Waals surface area contributed by atoms with E-state index in [0.717, 1.165) is 4.57 Å². The van der Waals surface area contributed by atoms with Crippen LogP contribution in [0.3, 0.4) is 0 Å². The molecule has 1 amide bonds. The molecule has 0 atom stereocenters. The molecule has 3 heterocycles. The van der Waals surface area contributed by atoms with Crippen molar-refractivity contribution in [1.82, 2.24) is 18.7 Å². The summed E-state index contributed by atoms with van der Waals surface area (Å²) in [4.78, 5) is 40.6. The van der Waals surface area contributed by atoms with Crippen LogP contribution in [0.4, 0.5) is 5.00 Å². The van der Waals surface area contributed by atoms with Crippen molar-refractivity contribution in [3.05, 3.63) is 43.1 Å². The lowest BCUT2D eigenvalue weighted by Crippen LogP contribution is -2.37. The van der Waals surface area contributed by atoms with Gasteiger partial charge in [-0.3, -0.25) is 23.3 Å². The summed E-state index contributed by atoms with van der Waals surface area (Å²) in [6, 6.07) is 3.56. The molecule has 0 aliphatic carbocycles. The smallest absolute Gasteiger partial charge is 0.315 e. The second-order valence-corrected chi connectivity index (χ2v) is 6.42. The number of nitriles is 1. The van der Waals surface area contributed by atoms with E-state index in [9.17, 15) is 14.4 Å². The fraction of sp³-hybridized carbons (Fsp3) is 0.214. The molecule has 1 N–H and O–H groups in total. The van der Waals surface area contributed by atoms with Gasteiger partial charge >= 0.3 is 5.69 Å². The lowest BCUT2D eigenvalue weighted by Gasteiger charge is -2.07. The molecular formula is C14H11ClN6O3S. The SMILES string of the molecule is Cn1c(=O)c2c(nc(Cl)n2CC(=O)Nc2sccc2C#N)n(C)c1=O. The number of fused-ring (bicyclic) bond motifs is 1. The first kappa shape index (κ1) is 16.9. The maximum Gasteiger partial charge on any atom is 0.332 e. The molecule has 0 fully saturated rings. The van der Waals surface area contributed by atoms with Gasteiger partial charge in [0.05, 0.1) is 5.56 Å². The number of rotatable bonds is 3. The number of anilines is 1. The molecule has 0 bridgehead atoms. The average Bonchev–Trinajstić information content (AvgIpc) is 3.15. The first-order chi connectivity index (χ1) is 11.8. The maximum atomic E-state index is 12.4. The van der Waals surface area contributed by atoms with E-state index in [1.54, 1.807) is 11.4 Å². The highest BCUT2D eigenvalue weighted by Crippen LogP contribution is 2.22. The number of thiophene rings is 1. The highest BCUT2D eigenvalue weighted by molar-refractivity contribution is 7.14. The van der Waals surface area contributed by atoms with E-state index in [2.05, 4.69) is 10.3 Å². The molecule has 0 aliphatic heterocycles. The fourth-order valence-corrected chi connectivity index (χ4v) is 3.35. The van der Waals surface area contributed by atoms with Gasteiger partial charge in [-0.15, -0.1) is 11.3 Å². The van der Waals surface area contributed by atoms with Gasteiger partial charge in [0.15, 0.2) is 11.2 Å². The van der Waals surface area contributed by atoms with Crippen molar-refractivity contribution in [2.45, 2.75) is 6.54 Å². The van der Waals surface area contributed by atoms with Crippen LogP contribution in [0.5, 0.6) is 0 Å². The minimum absolute atomic E-state index is 0.0523. The topological polar surface area (TPSA) is 115 Å². The van der Waals surface area contributed by atoms with E-state index in [0.29, 0.717) is 10.6 Å². The Morgan fingerprint density at radius 1 is 1.40 bits per heavy atom. The summed E-state index contributed by atoms with van der Waals surface area (Å²) in [5.41, 5.74) is -0.644. The van der Waals surface area contributed by atoms with Crippen LogP contribution in [0, 0.1) is 11.3 Å². The highest BCUT2D eigenvalue weighted by atomic mass is 35.5. The van der Waals surface area contributed by atoms with Gasteiger partial charge in [-0.05, 0) is 23.0 Å².